The Labute approximate surface area is 122 Å². The highest BCUT2D eigenvalue weighted by molar-refractivity contribution is 7.90. The van der Waals surface area contributed by atoms with Crippen molar-refractivity contribution in [3.8, 4) is 23.1 Å². The Morgan fingerprint density at radius 1 is 1.43 bits per heavy atom. The van der Waals surface area contributed by atoms with Gasteiger partial charge in [-0.25, -0.2) is 14.5 Å². The number of hydrogen-bond donors (Lipinski definition) is 1. The lowest BCUT2D eigenvalue weighted by atomic mass is 10.3. The van der Waals surface area contributed by atoms with Crippen molar-refractivity contribution >= 4 is 11.2 Å². The second-order valence-corrected chi connectivity index (χ2v) is 5.57. The lowest BCUT2D eigenvalue weighted by Crippen LogP contribution is -2.08. The second kappa shape index (κ2) is 5.19. The number of ether oxygens (including phenoxy) is 1. The number of aromatic amines is 1. The van der Waals surface area contributed by atoms with Crippen molar-refractivity contribution in [2.75, 3.05) is 13.4 Å². The molecule has 0 aromatic heterocycles. The average molecular weight is 305 g/mol. The summed E-state index contributed by atoms with van der Waals surface area (Å²) in [5, 5.41) is 4.23. The second-order valence-electron chi connectivity index (χ2n) is 4.19. The van der Waals surface area contributed by atoms with Gasteiger partial charge in [0.1, 0.15) is 24.0 Å². The molecule has 2 aliphatic rings. The standard InChI is InChI=1S/C12H11N5O3S/c1-20-9-5-7(21(2)19)3-4-8(9)17-6-13-10-11(16-17)15-12(18)14-10/h3-6H,1-2H3,(H,15,16,18). The Kier molecular flexibility index (Phi) is 3.35. The SMILES string of the molecule is COc1cc([S+](C)[O-])ccc1-n1cnc2nc(=O)[nH]c-2n1. The van der Waals surface area contributed by atoms with E-state index in [0.29, 0.717) is 16.3 Å². The van der Waals surface area contributed by atoms with Crippen LogP contribution in [0.25, 0.3) is 17.3 Å². The van der Waals surface area contributed by atoms with Crippen molar-refractivity contribution in [1.29, 1.82) is 0 Å². The van der Waals surface area contributed by atoms with Crippen LogP contribution >= 0.6 is 0 Å². The number of hydrogen-bond acceptors (Lipinski definition) is 6. The van der Waals surface area contributed by atoms with Gasteiger partial charge in [-0.05, 0) is 23.3 Å². The fourth-order valence-corrected chi connectivity index (χ4v) is 2.41. The largest absolute Gasteiger partial charge is 0.612 e. The van der Waals surface area contributed by atoms with Crippen LogP contribution in [0.3, 0.4) is 0 Å². The molecule has 1 N–H and O–H groups in total. The van der Waals surface area contributed by atoms with Crippen LogP contribution in [-0.4, -0.2) is 42.7 Å². The molecule has 0 radical (unpaired) electrons. The molecule has 0 fully saturated rings. The highest BCUT2D eigenvalue weighted by Crippen LogP contribution is 2.26. The van der Waals surface area contributed by atoms with Gasteiger partial charge in [0.15, 0.2) is 4.90 Å². The first-order valence-electron chi connectivity index (χ1n) is 5.92. The van der Waals surface area contributed by atoms with E-state index in [1.165, 1.54) is 18.1 Å². The van der Waals surface area contributed by atoms with E-state index >= 15 is 0 Å². The molecule has 21 heavy (non-hydrogen) atoms. The first-order chi connectivity index (χ1) is 10.1. The molecule has 9 heteroatoms. The molecule has 1 atom stereocenters. The summed E-state index contributed by atoms with van der Waals surface area (Å²) >= 11 is -1.11. The van der Waals surface area contributed by atoms with Gasteiger partial charge in [-0.1, -0.05) is 0 Å². The number of rotatable bonds is 3. The van der Waals surface area contributed by atoms with Gasteiger partial charge in [0.25, 0.3) is 0 Å². The molecular weight excluding hydrogens is 294 g/mol. The summed E-state index contributed by atoms with van der Waals surface area (Å²) in [4.78, 5) is 22.0. The molecule has 3 rings (SSSR count). The van der Waals surface area contributed by atoms with Crippen molar-refractivity contribution in [3.63, 3.8) is 0 Å². The maximum Gasteiger partial charge on any atom is 0.348 e. The third kappa shape index (κ3) is 2.48. The molecule has 108 valence electrons. The topological polar surface area (TPSA) is 109 Å². The zero-order valence-corrected chi connectivity index (χ0v) is 12.0. The summed E-state index contributed by atoms with van der Waals surface area (Å²) in [7, 11) is 1.51. The zero-order valence-electron chi connectivity index (χ0n) is 11.2. The van der Waals surface area contributed by atoms with E-state index in [1.807, 2.05) is 0 Å². The normalized spacial score (nSPS) is 12.5. The molecule has 1 aromatic rings. The van der Waals surface area contributed by atoms with Gasteiger partial charge in [-0.3, -0.25) is 4.98 Å². The van der Waals surface area contributed by atoms with Crippen molar-refractivity contribution in [2.45, 2.75) is 4.90 Å². The highest BCUT2D eigenvalue weighted by Gasteiger charge is 2.15. The van der Waals surface area contributed by atoms with Crippen molar-refractivity contribution < 1.29 is 9.29 Å². The molecule has 0 spiro atoms. The van der Waals surface area contributed by atoms with Crippen LogP contribution in [0.15, 0.2) is 34.2 Å². The molecule has 0 aliphatic carbocycles. The number of fused-ring (bicyclic) bond motifs is 1. The third-order valence-electron chi connectivity index (χ3n) is 2.87. The maximum absolute atomic E-state index is 11.5. The first kappa shape index (κ1) is 13.6. The van der Waals surface area contributed by atoms with Crippen LogP contribution in [0, 0.1) is 0 Å². The highest BCUT2D eigenvalue weighted by atomic mass is 32.2. The number of aromatic nitrogens is 5. The van der Waals surface area contributed by atoms with E-state index in [9.17, 15) is 9.35 Å². The van der Waals surface area contributed by atoms with E-state index < -0.39 is 16.9 Å². The van der Waals surface area contributed by atoms with Crippen LogP contribution in [0.2, 0.25) is 0 Å². The smallest absolute Gasteiger partial charge is 0.348 e. The Hall–Kier alpha value is -2.39. The Balaban J connectivity index is 2.13. The van der Waals surface area contributed by atoms with Crippen LogP contribution in [-0.2, 0) is 11.2 Å². The number of nitrogens with zero attached hydrogens (tertiary/aromatic N) is 4. The van der Waals surface area contributed by atoms with Crippen molar-refractivity contribution in [3.05, 3.63) is 35.0 Å². The van der Waals surface area contributed by atoms with E-state index in [4.69, 9.17) is 4.74 Å². The molecule has 0 saturated carbocycles. The van der Waals surface area contributed by atoms with E-state index in [1.54, 1.807) is 24.5 Å². The Bertz CT molecular complexity index is 813. The van der Waals surface area contributed by atoms with Gasteiger partial charge in [-0.2, -0.15) is 4.98 Å². The summed E-state index contributed by atoms with van der Waals surface area (Å²) < 4.78 is 18.3. The lowest BCUT2D eigenvalue weighted by molar-refractivity contribution is 0.410. The fraction of sp³-hybridized carbons (Fsp3) is 0.167. The van der Waals surface area contributed by atoms with Crippen LogP contribution in [0.1, 0.15) is 0 Å². The molecule has 0 bridgehead atoms. The molecule has 1 aromatic carbocycles. The van der Waals surface area contributed by atoms with Crippen LogP contribution < -0.4 is 10.4 Å². The van der Waals surface area contributed by atoms with Gasteiger partial charge < -0.3 is 9.29 Å². The minimum atomic E-state index is -1.11. The van der Waals surface area contributed by atoms with Crippen molar-refractivity contribution in [2.24, 2.45) is 0 Å². The molecular formula is C12H11N5O3S. The first-order valence-corrected chi connectivity index (χ1v) is 7.48. The van der Waals surface area contributed by atoms with Gasteiger partial charge in [0.2, 0.25) is 11.6 Å². The number of methoxy groups -OCH3 is 1. The molecule has 8 nitrogen and oxygen atoms in total. The lowest BCUT2D eigenvalue weighted by Gasteiger charge is -2.12. The predicted molar refractivity (Wildman–Crippen MR) is 75.3 cm³/mol. The average Bonchev–Trinajstić information content (AvgIpc) is 2.85. The molecule has 2 aliphatic heterocycles. The van der Waals surface area contributed by atoms with Crippen LogP contribution in [0.4, 0.5) is 0 Å². The monoisotopic (exact) mass is 305 g/mol. The number of imidazole rings is 1. The van der Waals surface area contributed by atoms with Gasteiger partial charge in [0.05, 0.1) is 7.11 Å². The molecule has 0 amide bonds. The summed E-state index contributed by atoms with van der Waals surface area (Å²) in [6, 6.07) is 5.12. The Morgan fingerprint density at radius 2 is 2.24 bits per heavy atom. The van der Waals surface area contributed by atoms with E-state index in [2.05, 4.69) is 20.1 Å². The van der Waals surface area contributed by atoms with Gasteiger partial charge in [0, 0.05) is 6.07 Å². The van der Waals surface area contributed by atoms with Crippen LogP contribution in [0.5, 0.6) is 5.75 Å². The number of nitrogens with one attached hydrogen (secondary N) is 1. The quantitative estimate of drug-likeness (QED) is 0.692. The Morgan fingerprint density at radius 3 is 2.95 bits per heavy atom. The minimum Gasteiger partial charge on any atom is -0.612 e. The predicted octanol–water partition coefficient (Wildman–Crippen LogP) is 0.201. The minimum absolute atomic E-state index is 0.251. The molecule has 2 heterocycles. The van der Waals surface area contributed by atoms with E-state index in [-0.39, 0.29) is 11.6 Å². The summed E-state index contributed by atoms with van der Waals surface area (Å²) in [5.74, 6) is 1.04. The molecule has 1 unspecified atom stereocenters. The third-order valence-corrected chi connectivity index (χ3v) is 3.79. The fourth-order valence-electron chi connectivity index (χ4n) is 1.88. The number of H-pyrrole nitrogens is 1. The summed E-state index contributed by atoms with van der Waals surface area (Å²) in [5.41, 5.74) is 0.120. The van der Waals surface area contributed by atoms with Crippen molar-refractivity contribution in [1.82, 2.24) is 24.7 Å². The maximum atomic E-state index is 11.5. The number of benzene rings is 1. The summed E-state index contributed by atoms with van der Waals surface area (Å²) in [6.45, 7) is 0. The van der Waals surface area contributed by atoms with Gasteiger partial charge >= 0.3 is 5.69 Å². The zero-order chi connectivity index (χ0) is 15.0. The van der Waals surface area contributed by atoms with E-state index in [0.717, 1.165) is 0 Å². The molecule has 0 saturated heterocycles. The van der Waals surface area contributed by atoms with Gasteiger partial charge in [-0.15, -0.1) is 5.10 Å². The summed E-state index contributed by atoms with van der Waals surface area (Å²) in [6.07, 6.45) is 3.02.